The standard InChI is InChI=1S/C7H14FNO/c8-6-1-3-7(10,5-9)4-2-6/h6,10H,1-5,9H2. The van der Waals surface area contributed by atoms with Gasteiger partial charge in [0.2, 0.25) is 0 Å². The highest BCUT2D eigenvalue weighted by Crippen LogP contribution is 2.28. The molecule has 0 spiro atoms. The average Bonchev–Trinajstić information content (AvgIpc) is 1.96. The molecule has 0 atom stereocenters. The number of halogens is 1. The number of aliphatic hydroxyl groups is 1. The zero-order chi connectivity index (χ0) is 7.61. The van der Waals surface area contributed by atoms with Gasteiger partial charge >= 0.3 is 0 Å². The molecule has 0 aromatic heterocycles. The van der Waals surface area contributed by atoms with Crippen LogP contribution in [0.2, 0.25) is 0 Å². The summed E-state index contributed by atoms with van der Waals surface area (Å²) in [6.07, 6.45) is 1.25. The Hall–Kier alpha value is -0.150. The highest BCUT2D eigenvalue weighted by molar-refractivity contribution is 4.85. The predicted molar refractivity (Wildman–Crippen MR) is 37.4 cm³/mol. The summed E-state index contributed by atoms with van der Waals surface area (Å²) in [5.41, 5.74) is 4.55. The minimum atomic E-state index is -0.761. The van der Waals surface area contributed by atoms with Gasteiger partial charge in [0.1, 0.15) is 6.17 Å². The molecule has 0 aliphatic heterocycles. The van der Waals surface area contributed by atoms with Crippen molar-refractivity contribution in [3.05, 3.63) is 0 Å². The molecule has 1 rings (SSSR count). The van der Waals surface area contributed by atoms with Crippen molar-refractivity contribution >= 4 is 0 Å². The Labute approximate surface area is 60.2 Å². The lowest BCUT2D eigenvalue weighted by Crippen LogP contribution is -2.41. The van der Waals surface area contributed by atoms with E-state index in [4.69, 9.17) is 5.73 Å². The molecule has 0 bridgehead atoms. The minimum absolute atomic E-state index is 0.264. The first-order chi connectivity index (χ1) is 4.66. The molecule has 3 N–H and O–H groups in total. The maximum Gasteiger partial charge on any atom is 0.100 e. The lowest BCUT2D eigenvalue weighted by atomic mass is 9.84. The molecule has 0 unspecified atom stereocenters. The molecule has 1 fully saturated rings. The zero-order valence-electron chi connectivity index (χ0n) is 6.02. The van der Waals surface area contributed by atoms with E-state index in [1.165, 1.54) is 0 Å². The van der Waals surface area contributed by atoms with Gasteiger partial charge in [0.25, 0.3) is 0 Å². The lowest BCUT2D eigenvalue weighted by molar-refractivity contribution is -0.00675. The number of hydrogen-bond acceptors (Lipinski definition) is 2. The Morgan fingerprint density at radius 2 is 2.00 bits per heavy atom. The van der Waals surface area contributed by atoms with Gasteiger partial charge in [-0.25, -0.2) is 4.39 Å². The van der Waals surface area contributed by atoms with Crippen molar-refractivity contribution in [1.29, 1.82) is 0 Å². The highest BCUT2D eigenvalue weighted by Gasteiger charge is 2.31. The molecule has 2 nitrogen and oxygen atoms in total. The monoisotopic (exact) mass is 147 g/mol. The Morgan fingerprint density at radius 3 is 2.40 bits per heavy atom. The van der Waals surface area contributed by atoms with E-state index >= 15 is 0 Å². The summed E-state index contributed by atoms with van der Waals surface area (Å²) >= 11 is 0. The molecule has 10 heavy (non-hydrogen) atoms. The number of alkyl halides is 1. The third-order valence-electron chi connectivity index (χ3n) is 2.23. The number of nitrogens with two attached hydrogens (primary N) is 1. The van der Waals surface area contributed by atoms with Crippen molar-refractivity contribution in [3.63, 3.8) is 0 Å². The van der Waals surface area contributed by atoms with Gasteiger partial charge in [0, 0.05) is 6.54 Å². The molecule has 3 heteroatoms. The molecule has 0 saturated heterocycles. The van der Waals surface area contributed by atoms with E-state index in [0.29, 0.717) is 25.7 Å². The van der Waals surface area contributed by atoms with Crippen molar-refractivity contribution in [2.75, 3.05) is 6.54 Å². The average molecular weight is 147 g/mol. The first kappa shape index (κ1) is 7.95. The van der Waals surface area contributed by atoms with Crippen LogP contribution in [0.15, 0.2) is 0 Å². The van der Waals surface area contributed by atoms with Crippen LogP contribution in [0.5, 0.6) is 0 Å². The first-order valence-electron chi connectivity index (χ1n) is 3.73. The summed E-state index contributed by atoms with van der Waals surface area (Å²) in [6, 6.07) is 0. The summed E-state index contributed by atoms with van der Waals surface area (Å²) < 4.78 is 12.5. The summed E-state index contributed by atoms with van der Waals surface area (Å²) in [6.45, 7) is 0.264. The van der Waals surface area contributed by atoms with E-state index < -0.39 is 11.8 Å². The van der Waals surface area contributed by atoms with E-state index in [2.05, 4.69) is 0 Å². The third-order valence-corrected chi connectivity index (χ3v) is 2.23. The van der Waals surface area contributed by atoms with Gasteiger partial charge in [-0.1, -0.05) is 0 Å². The van der Waals surface area contributed by atoms with Crippen LogP contribution in [0.25, 0.3) is 0 Å². The van der Waals surface area contributed by atoms with Gasteiger partial charge in [-0.2, -0.15) is 0 Å². The predicted octanol–water partition coefficient (Wildman–Crippen LogP) is 0.588. The van der Waals surface area contributed by atoms with E-state index in [-0.39, 0.29) is 6.54 Å². The Morgan fingerprint density at radius 1 is 1.50 bits per heavy atom. The van der Waals surface area contributed by atoms with Crippen LogP contribution in [0.3, 0.4) is 0 Å². The largest absolute Gasteiger partial charge is 0.389 e. The van der Waals surface area contributed by atoms with E-state index in [1.807, 2.05) is 0 Å². The molecule has 0 amide bonds. The lowest BCUT2D eigenvalue weighted by Gasteiger charge is -2.31. The first-order valence-corrected chi connectivity index (χ1v) is 3.73. The summed E-state index contributed by atoms with van der Waals surface area (Å²) in [5, 5.41) is 9.51. The quantitative estimate of drug-likeness (QED) is 0.570. The van der Waals surface area contributed by atoms with Crippen molar-refractivity contribution < 1.29 is 9.50 Å². The van der Waals surface area contributed by atoms with Crippen LogP contribution in [0.1, 0.15) is 25.7 Å². The van der Waals surface area contributed by atoms with Gasteiger partial charge < -0.3 is 10.8 Å². The topological polar surface area (TPSA) is 46.2 Å². The number of hydrogen-bond donors (Lipinski definition) is 2. The molecule has 0 heterocycles. The summed E-state index contributed by atoms with van der Waals surface area (Å²) in [7, 11) is 0. The molecule has 1 saturated carbocycles. The van der Waals surface area contributed by atoms with Crippen LogP contribution >= 0.6 is 0 Å². The molecule has 60 valence electrons. The van der Waals surface area contributed by atoms with Crippen molar-refractivity contribution in [1.82, 2.24) is 0 Å². The van der Waals surface area contributed by atoms with Crippen LogP contribution < -0.4 is 5.73 Å². The molecular formula is C7H14FNO. The minimum Gasteiger partial charge on any atom is -0.389 e. The van der Waals surface area contributed by atoms with Crippen molar-refractivity contribution in [3.8, 4) is 0 Å². The zero-order valence-corrected chi connectivity index (χ0v) is 6.02. The van der Waals surface area contributed by atoms with Crippen LogP contribution in [-0.2, 0) is 0 Å². The van der Waals surface area contributed by atoms with Gasteiger partial charge in [-0.15, -0.1) is 0 Å². The number of rotatable bonds is 1. The van der Waals surface area contributed by atoms with Gasteiger partial charge in [0.05, 0.1) is 5.60 Å². The fourth-order valence-electron chi connectivity index (χ4n) is 1.32. The third kappa shape index (κ3) is 1.67. The normalized spacial score (nSPS) is 41.7. The SMILES string of the molecule is NCC1(O)CCC(F)CC1. The maximum atomic E-state index is 12.5. The smallest absolute Gasteiger partial charge is 0.100 e. The second kappa shape index (κ2) is 2.84. The van der Waals surface area contributed by atoms with Crippen LogP contribution in [-0.4, -0.2) is 23.4 Å². The van der Waals surface area contributed by atoms with Gasteiger partial charge in [-0.05, 0) is 25.7 Å². The van der Waals surface area contributed by atoms with Crippen molar-refractivity contribution in [2.24, 2.45) is 5.73 Å². The maximum absolute atomic E-state index is 12.5. The second-order valence-electron chi connectivity index (χ2n) is 3.10. The second-order valence-corrected chi connectivity index (χ2v) is 3.10. The molecule has 1 aliphatic carbocycles. The van der Waals surface area contributed by atoms with E-state index in [0.717, 1.165) is 0 Å². The van der Waals surface area contributed by atoms with Gasteiger partial charge in [0.15, 0.2) is 0 Å². The van der Waals surface area contributed by atoms with Crippen molar-refractivity contribution in [2.45, 2.75) is 37.5 Å². The summed E-state index contributed by atoms with van der Waals surface area (Å²) in [5.74, 6) is 0. The molecule has 0 aromatic rings. The molecular weight excluding hydrogens is 133 g/mol. The Balaban J connectivity index is 2.38. The molecule has 0 aromatic carbocycles. The fraction of sp³-hybridized carbons (Fsp3) is 1.00. The fourth-order valence-corrected chi connectivity index (χ4v) is 1.32. The Kier molecular flexibility index (Phi) is 2.26. The van der Waals surface area contributed by atoms with E-state index in [9.17, 15) is 9.50 Å². The van der Waals surface area contributed by atoms with Gasteiger partial charge in [-0.3, -0.25) is 0 Å². The van der Waals surface area contributed by atoms with E-state index in [1.54, 1.807) is 0 Å². The molecule has 0 radical (unpaired) electrons. The summed E-state index contributed by atoms with van der Waals surface area (Å²) in [4.78, 5) is 0. The Bertz CT molecular complexity index is 110. The molecule has 1 aliphatic rings. The van der Waals surface area contributed by atoms with Crippen LogP contribution in [0, 0.1) is 0 Å². The van der Waals surface area contributed by atoms with Crippen LogP contribution in [0.4, 0.5) is 4.39 Å². The highest BCUT2D eigenvalue weighted by atomic mass is 19.1.